The van der Waals surface area contributed by atoms with Crippen molar-refractivity contribution >= 4 is 35.6 Å². The van der Waals surface area contributed by atoms with Crippen LogP contribution in [-0.4, -0.2) is 140 Å². The van der Waals surface area contributed by atoms with Gasteiger partial charge in [-0.15, -0.1) is 5.10 Å². The molecule has 3 aliphatic rings. The second kappa shape index (κ2) is 24.2. The first-order valence-electron chi connectivity index (χ1n) is 21.9. The Morgan fingerprint density at radius 3 is 2.07 bits per heavy atom. The lowest BCUT2D eigenvalue weighted by atomic mass is 9.91. The summed E-state index contributed by atoms with van der Waals surface area (Å²) in [5, 5.41) is 39.9. The van der Waals surface area contributed by atoms with Gasteiger partial charge in [0.25, 0.3) is 11.8 Å². The Kier molecular flexibility index (Phi) is 19.6. The fourth-order valence-corrected chi connectivity index (χ4v) is 7.50. The number of amides is 6. The van der Waals surface area contributed by atoms with E-state index in [0.717, 1.165) is 56.3 Å². The van der Waals surface area contributed by atoms with Crippen molar-refractivity contribution in [2.45, 2.75) is 172 Å². The highest BCUT2D eigenvalue weighted by atomic mass is 16.6. The first kappa shape index (κ1) is 49.2. The van der Waals surface area contributed by atoms with Gasteiger partial charge in [-0.1, -0.05) is 43.7 Å². The first-order valence-corrected chi connectivity index (χ1v) is 21.9. The number of aliphatic hydroxyl groups is 2. The molecule has 4 rings (SSSR count). The molecule has 0 bridgehead atoms. The minimum Gasteiger partial charge on any atom is -0.441 e. The molecule has 0 radical (unpaired) electrons. The number of alkyl carbamates (subject to hydrolysis) is 1. The van der Waals surface area contributed by atoms with Gasteiger partial charge >= 0.3 is 6.09 Å². The van der Waals surface area contributed by atoms with E-state index in [9.17, 15) is 39.0 Å². The molecule has 6 amide bonds. The second-order valence-electron chi connectivity index (χ2n) is 17.4. The first-order chi connectivity index (χ1) is 29.1. The van der Waals surface area contributed by atoms with Gasteiger partial charge in [0, 0.05) is 82.4 Å². The van der Waals surface area contributed by atoms with E-state index < -0.39 is 54.3 Å². The van der Waals surface area contributed by atoms with Crippen LogP contribution in [0.3, 0.4) is 0 Å². The smallest absolute Gasteiger partial charge is 0.408 e. The predicted molar refractivity (Wildman–Crippen MR) is 221 cm³/mol. The molecule has 0 aromatic carbocycles. The lowest BCUT2D eigenvalue weighted by Gasteiger charge is -2.39. The molecule has 2 fully saturated rings. The number of carbonyl (C=O) groups excluding carboxylic acids is 6. The highest BCUT2D eigenvalue weighted by Gasteiger charge is 2.51. The van der Waals surface area contributed by atoms with E-state index in [4.69, 9.17) is 14.2 Å². The van der Waals surface area contributed by atoms with Gasteiger partial charge in [0.05, 0.1) is 30.0 Å². The normalized spacial score (nSPS) is 21.3. The van der Waals surface area contributed by atoms with Crippen molar-refractivity contribution in [2.24, 2.45) is 0 Å². The van der Waals surface area contributed by atoms with Gasteiger partial charge in [-0.2, -0.15) is 0 Å². The number of nitrogens with one attached hydrogen (secondary N) is 4. The van der Waals surface area contributed by atoms with Gasteiger partial charge in [-0.25, -0.2) is 4.79 Å². The molecule has 6 N–H and O–H groups in total. The van der Waals surface area contributed by atoms with Gasteiger partial charge in [0.15, 0.2) is 6.10 Å². The number of ether oxygens (including phenoxy) is 3. The van der Waals surface area contributed by atoms with Gasteiger partial charge in [0.2, 0.25) is 17.7 Å². The lowest BCUT2D eigenvalue weighted by Crippen LogP contribution is -2.60. The number of fused-ring (bicyclic) bond motifs is 1. The Morgan fingerprint density at radius 2 is 1.43 bits per heavy atom. The third-order valence-electron chi connectivity index (χ3n) is 11.2. The number of imide groups is 1. The van der Waals surface area contributed by atoms with Crippen LogP contribution in [0.15, 0.2) is 18.3 Å². The summed E-state index contributed by atoms with van der Waals surface area (Å²) in [6, 6.07) is -0.574. The molecule has 1 aromatic heterocycles. The minimum atomic E-state index is -1.14. The average Bonchev–Trinajstić information content (AvgIpc) is 3.92. The molecule has 342 valence electrons. The molecule has 61 heavy (non-hydrogen) atoms. The van der Waals surface area contributed by atoms with Crippen LogP contribution in [0.1, 0.15) is 123 Å². The summed E-state index contributed by atoms with van der Waals surface area (Å²) in [5.74, 6) is -0.845. The van der Waals surface area contributed by atoms with Crippen molar-refractivity contribution in [1.29, 1.82) is 0 Å². The van der Waals surface area contributed by atoms with E-state index in [2.05, 4.69) is 31.6 Å². The number of aryl methyl sites for hydroxylation is 1. The standard InChI is InChI=1S/C42H68N8O11/c1-41(2,20-25-59-42(3,4)19-23-49-27-29(47-48-49)26-30-37-39(61-40(58)45-37)38(57)31(28-51)60-30)46-34(54)16-13-21-43-32(52)14-11-9-7-5-6-8-10-12-15-33(53)44-22-24-50-35(55)17-18-36(50)56/h17-18,27,30-31,37-39,51,57H,5-16,19-26,28H2,1-4H3,(H,43,52)(H,44,53)(H,45,58)(H,46,54)/t30-,31-,37+,38+,39-/m1/s1. The van der Waals surface area contributed by atoms with E-state index >= 15 is 0 Å². The van der Waals surface area contributed by atoms with E-state index in [1.54, 1.807) is 10.9 Å². The average molecular weight is 861 g/mol. The Bertz CT molecular complexity index is 1630. The monoisotopic (exact) mass is 861 g/mol. The number of rotatable bonds is 29. The number of unbranched alkanes of at least 4 members (excludes halogenated alkanes) is 7. The van der Waals surface area contributed by atoms with E-state index in [1.165, 1.54) is 12.2 Å². The zero-order valence-electron chi connectivity index (χ0n) is 36.3. The summed E-state index contributed by atoms with van der Waals surface area (Å²) in [6.45, 7) is 9.35. The van der Waals surface area contributed by atoms with Crippen LogP contribution in [0.5, 0.6) is 0 Å². The number of aliphatic hydroxyl groups excluding tert-OH is 2. The van der Waals surface area contributed by atoms with Crippen LogP contribution in [0.25, 0.3) is 0 Å². The van der Waals surface area contributed by atoms with Crippen molar-refractivity contribution < 1.29 is 53.2 Å². The van der Waals surface area contributed by atoms with Crippen molar-refractivity contribution in [2.75, 3.05) is 32.8 Å². The van der Waals surface area contributed by atoms with Crippen LogP contribution in [0, 0.1) is 0 Å². The van der Waals surface area contributed by atoms with Gasteiger partial charge in [0.1, 0.15) is 12.2 Å². The van der Waals surface area contributed by atoms with Crippen LogP contribution in [0.4, 0.5) is 4.79 Å². The van der Waals surface area contributed by atoms with E-state index in [-0.39, 0.29) is 42.6 Å². The number of hydrogen-bond acceptors (Lipinski definition) is 13. The van der Waals surface area contributed by atoms with Crippen LogP contribution in [-0.2, 0) is 51.1 Å². The van der Waals surface area contributed by atoms with Crippen molar-refractivity contribution in [3.63, 3.8) is 0 Å². The Morgan fingerprint density at radius 1 is 0.820 bits per heavy atom. The summed E-state index contributed by atoms with van der Waals surface area (Å²) in [6.07, 6.45) is 11.4. The summed E-state index contributed by atoms with van der Waals surface area (Å²) >= 11 is 0. The molecule has 0 spiro atoms. The van der Waals surface area contributed by atoms with Crippen LogP contribution < -0.4 is 21.3 Å². The van der Waals surface area contributed by atoms with E-state index in [1.807, 2.05) is 27.7 Å². The molecular formula is C42H68N8O11. The maximum absolute atomic E-state index is 12.7. The van der Waals surface area contributed by atoms with Crippen molar-refractivity contribution in [3.05, 3.63) is 24.0 Å². The molecule has 0 unspecified atom stereocenters. The molecule has 2 saturated heterocycles. The fourth-order valence-electron chi connectivity index (χ4n) is 7.50. The molecule has 5 atom stereocenters. The van der Waals surface area contributed by atoms with Gasteiger partial charge in [-0.05, 0) is 59.8 Å². The molecule has 0 saturated carbocycles. The van der Waals surface area contributed by atoms with Crippen LogP contribution in [0.2, 0.25) is 0 Å². The molecule has 4 heterocycles. The molecule has 19 nitrogen and oxygen atoms in total. The minimum absolute atomic E-state index is 0.000300. The summed E-state index contributed by atoms with van der Waals surface area (Å²) < 4.78 is 19.0. The number of carbonyl (C=O) groups is 6. The third-order valence-corrected chi connectivity index (χ3v) is 11.2. The van der Waals surface area contributed by atoms with E-state index in [0.29, 0.717) is 70.3 Å². The Hall–Kier alpha value is -4.46. The fraction of sp³-hybridized carbons (Fsp3) is 0.762. The topological polar surface area (TPSA) is 253 Å². The lowest BCUT2D eigenvalue weighted by molar-refractivity contribution is -0.177. The zero-order chi connectivity index (χ0) is 44.4. The highest BCUT2D eigenvalue weighted by Crippen LogP contribution is 2.29. The van der Waals surface area contributed by atoms with Crippen LogP contribution >= 0.6 is 0 Å². The van der Waals surface area contributed by atoms with Crippen molar-refractivity contribution in [1.82, 2.24) is 41.2 Å². The maximum atomic E-state index is 12.7. The Balaban J connectivity index is 0.958. The molecule has 19 heteroatoms. The number of hydrogen-bond donors (Lipinski definition) is 6. The zero-order valence-corrected chi connectivity index (χ0v) is 36.3. The van der Waals surface area contributed by atoms with Gasteiger partial charge < -0.3 is 45.7 Å². The summed E-state index contributed by atoms with van der Waals surface area (Å²) in [7, 11) is 0. The largest absolute Gasteiger partial charge is 0.441 e. The quantitative estimate of drug-likeness (QED) is 0.0497. The highest BCUT2D eigenvalue weighted by molar-refractivity contribution is 6.12. The van der Waals surface area contributed by atoms with Crippen molar-refractivity contribution in [3.8, 4) is 0 Å². The molecular weight excluding hydrogens is 793 g/mol. The molecule has 0 aliphatic carbocycles. The van der Waals surface area contributed by atoms with Gasteiger partial charge in [-0.3, -0.25) is 33.6 Å². The Labute approximate surface area is 358 Å². The molecule has 3 aliphatic heterocycles. The number of nitrogens with zero attached hydrogens (tertiary/aromatic N) is 4. The molecule has 1 aromatic rings. The maximum Gasteiger partial charge on any atom is 0.408 e. The third kappa shape index (κ3) is 17.1. The number of aromatic nitrogens is 3. The summed E-state index contributed by atoms with van der Waals surface area (Å²) in [5.41, 5.74) is -0.331. The SMILES string of the molecule is CC(C)(CCOC(C)(C)CCn1cc(C[C@H]2O[C@H](CO)[C@H](O)[C@@H]3OC(=O)N[C@H]32)nn1)NC(=O)CCCNC(=O)CCCCCCCCCCC(=O)NCCN1C(=O)C=CC1=O. The summed E-state index contributed by atoms with van der Waals surface area (Å²) in [4.78, 5) is 72.9. The predicted octanol–water partition coefficient (Wildman–Crippen LogP) is 1.73. The second-order valence-corrected chi connectivity index (χ2v) is 17.4.